The zero-order valence-electron chi connectivity index (χ0n) is 10.3. The van der Waals surface area contributed by atoms with Gasteiger partial charge in [0.1, 0.15) is 6.10 Å². The first-order chi connectivity index (χ1) is 7.58. The molecule has 1 aromatic rings. The summed E-state index contributed by atoms with van der Waals surface area (Å²) in [5.74, 6) is 0. The summed E-state index contributed by atoms with van der Waals surface area (Å²) in [6.45, 7) is 0. The van der Waals surface area contributed by atoms with Crippen LogP contribution < -0.4 is 0 Å². The molecule has 4 nitrogen and oxygen atoms in total. The van der Waals surface area contributed by atoms with Crippen molar-refractivity contribution in [2.24, 2.45) is 7.05 Å². The molecule has 0 radical (unpaired) electrons. The predicted molar refractivity (Wildman–Crippen MR) is 63.1 cm³/mol. The van der Waals surface area contributed by atoms with Gasteiger partial charge >= 0.3 is 0 Å². The summed E-state index contributed by atoms with van der Waals surface area (Å²) in [5.41, 5.74) is 0.809. The van der Waals surface area contributed by atoms with E-state index in [4.69, 9.17) is 0 Å². The number of hydrogen-bond acceptors (Lipinski definition) is 3. The second-order valence-corrected chi connectivity index (χ2v) is 4.99. The van der Waals surface area contributed by atoms with Crippen LogP contribution in [0, 0.1) is 0 Å². The minimum atomic E-state index is -0.447. The number of likely N-dealkylation sites (N-methyl/N-ethyl adjacent to an activating group) is 1. The highest BCUT2D eigenvalue weighted by Crippen LogP contribution is 2.43. The highest BCUT2D eigenvalue weighted by Gasteiger charge is 2.44. The third-order valence-electron chi connectivity index (χ3n) is 4.01. The third-order valence-corrected chi connectivity index (χ3v) is 4.01. The van der Waals surface area contributed by atoms with Gasteiger partial charge in [0.15, 0.2) is 0 Å². The van der Waals surface area contributed by atoms with Crippen LogP contribution >= 0.6 is 0 Å². The van der Waals surface area contributed by atoms with Gasteiger partial charge in [-0.15, -0.1) is 0 Å². The van der Waals surface area contributed by atoms with Gasteiger partial charge in [-0.05, 0) is 33.0 Å². The quantitative estimate of drug-likeness (QED) is 0.840. The van der Waals surface area contributed by atoms with E-state index < -0.39 is 6.10 Å². The fraction of sp³-hybridized carbons (Fsp3) is 0.750. The molecule has 1 atom stereocenters. The minimum absolute atomic E-state index is 0.103. The molecule has 4 heteroatoms. The van der Waals surface area contributed by atoms with Crippen LogP contribution in [-0.4, -0.2) is 39.4 Å². The largest absolute Gasteiger partial charge is 0.385 e. The number of aliphatic hydroxyl groups excluding tert-OH is 1. The van der Waals surface area contributed by atoms with Crippen LogP contribution in [-0.2, 0) is 7.05 Å². The average Bonchev–Trinajstić information content (AvgIpc) is 2.85. The van der Waals surface area contributed by atoms with Crippen LogP contribution in [0.5, 0.6) is 0 Å². The molecule has 1 N–H and O–H groups in total. The topological polar surface area (TPSA) is 41.3 Å². The molecule has 1 aliphatic rings. The molecular weight excluding hydrogens is 202 g/mol. The van der Waals surface area contributed by atoms with E-state index in [9.17, 15) is 5.11 Å². The van der Waals surface area contributed by atoms with E-state index in [0.717, 1.165) is 18.5 Å². The van der Waals surface area contributed by atoms with Gasteiger partial charge in [0.05, 0.1) is 11.2 Å². The Labute approximate surface area is 96.9 Å². The fourth-order valence-electron chi connectivity index (χ4n) is 2.88. The first kappa shape index (κ1) is 11.6. The summed E-state index contributed by atoms with van der Waals surface area (Å²) in [6.07, 6.45) is 5.83. The lowest BCUT2D eigenvalue weighted by molar-refractivity contribution is -0.00939. The van der Waals surface area contributed by atoms with Crippen molar-refractivity contribution in [2.45, 2.75) is 37.3 Å². The lowest BCUT2D eigenvalue weighted by Crippen LogP contribution is -2.47. The number of aryl methyl sites for hydroxylation is 1. The first-order valence-corrected chi connectivity index (χ1v) is 5.91. The fourth-order valence-corrected chi connectivity index (χ4v) is 2.88. The van der Waals surface area contributed by atoms with Crippen molar-refractivity contribution < 1.29 is 5.11 Å². The van der Waals surface area contributed by atoms with E-state index in [1.807, 2.05) is 13.1 Å². The van der Waals surface area contributed by atoms with Crippen LogP contribution in [0.25, 0.3) is 0 Å². The molecule has 1 fully saturated rings. The maximum absolute atomic E-state index is 10.6. The molecule has 0 spiro atoms. The molecule has 2 rings (SSSR count). The number of hydrogen-bond donors (Lipinski definition) is 1. The standard InChI is InChI=1S/C12H21N3O/c1-14(2)12(7-4-5-8-12)11(16)10-6-9-13-15(10)3/h6,9,11,16H,4-5,7-8H2,1-3H3. The van der Waals surface area contributed by atoms with Gasteiger partial charge in [0.2, 0.25) is 0 Å². The van der Waals surface area contributed by atoms with Crippen molar-refractivity contribution in [2.75, 3.05) is 14.1 Å². The van der Waals surface area contributed by atoms with Gasteiger partial charge < -0.3 is 10.0 Å². The molecule has 0 aliphatic heterocycles. The van der Waals surface area contributed by atoms with E-state index in [1.165, 1.54) is 12.8 Å². The highest BCUT2D eigenvalue weighted by atomic mass is 16.3. The summed E-state index contributed by atoms with van der Waals surface area (Å²) < 4.78 is 1.77. The summed E-state index contributed by atoms with van der Waals surface area (Å²) in [4.78, 5) is 2.18. The predicted octanol–water partition coefficient (Wildman–Crippen LogP) is 1.33. The molecule has 1 aliphatic carbocycles. The Morgan fingerprint density at radius 2 is 2.06 bits per heavy atom. The minimum Gasteiger partial charge on any atom is -0.385 e. The number of nitrogens with zero attached hydrogens (tertiary/aromatic N) is 3. The molecule has 90 valence electrons. The maximum atomic E-state index is 10.6. The molecular formula is C12H21N3O. The Bertz CT molecular complexity index is 353. The van der Waals surface area contributed by atoms with Crippen molar-refractivity contribution in [3.63, 3.8) is 0 Å². The van der Waals surface area contributed by atoms with Crippen LogP contribution in [0.15, 0.2) is 12.3 Å². The lowest BCUT2D eigenvalue weighted by Gasteiger charge is -2.40. The van der Waals surface area contributed by atoms with Crippen molar-refractivity contribution in [1.29, 1.82) is 0 Å². The first-order valence-electron chi connectivity index (χ1n) is 5.91. The van der Waals surface area contributed by atoms with Gasteiger partial charge in [-0.25, -0.2) is 0 Å². The maximum Gasteiger partial charge on any atom is 0.114 e. The van der Waals surface area contributed by atoms with E-state index >= 15 is 0 Å². The van der Waals surface area contributed by atoms with Crippen molar-refractivity contribution in [3.8, 4) is 0 Å². The second-order valence-electron chi connectivity index (χ2n) is 4.99. The number of rotatable bonds is 3. The van der Waals surface area contributed by atoms with Crippen LogP contribution in [0.3, 0.4) is 0 Å². The van der Waals surface area contributed by atoms with Gasteiger partial charge in [0.25, 0.3) is 0 Å². The molecule has 1 aromatic heterocycles. The zero-order chi connectivity index (χ0) is 11.8. The molecule has 1 unspecified atom stereocenters. The Balaban J connectivity index is 2.31. The molecule has 1 saturated carbocycles. The van der Waals surface area contributed by atoms with Gasteiger partial charge in [-0.3, -0.25) is 4.68 Å². The van der Waals surface area contributed by atoms with Gasteiger partial charge in [0, 0.05) is 13.2 Å². The Morgan fingerprint density at radius 1 is 1.44 bits per heavy atom. The van der Waals surface area contributed by atoms with Gasteiger partial charge in [-0.2, -0.15) is 5.10 Å². The lowest BCUT2D eigenvalue weighted by atomic mass is 9.87. The van der Waals surface area contributed by atoms with Gasteiger partial charge in [-0.1, -0.05) is 12.8 Å². The Kier molecular flexibility index (Phi) is 3.04. The van der Waals surface area contributed by atoms with E-state index in [0.29, 0.717) is 0 Å². The molecule has 1 heterocycles. The Hall–Kier alpha value is -0.870. The summed E-state index contributed by atoms with van der Waals surface area (Å²) in [5, 5.41) is 14.7. The molecule has 0 aromatic carbocycles. The Morgan fingerprint density at radius 3 is 2.50 bits per heavy atom. The van der Waals surface area contributed by atoms with E-state index in [1.54, 1.807) is 10.9 Å². The normalized spacial score (nSPS) is 21.6. The van der Waals surface area contributed by atoms with Crippen molar-refractivity contribution >= 4 is 0 Å². The van der Waals surface area contributed by atoms with Crippen molar-refractivity contribution in [3.05, 3.63) is 18.0 Å². The summed E-state index contributed by atoms with van der Waals surface area (Å²) in [6, 6.07) is 1.91. The summed E-state index contributed by atoms with van der Waals surface area (Å²) in [7, 11) is 6.01. The monoisotopic (exact) mass is 223 g/mol. The van der Waals surface area contributed by atoms with E-state index in [2.05, 4.69) is 24.1 Å². The smallest absolute Gasteiger partial charge is 0.114 e. The molecule has 0 bridgehead atoms. The van der Waals surface area contributed by atoms with Crippen LogP contribution in [0.4, 0.5) is 0 Å². The average molecular weight is 223 g/mol. The van der Waals surface area contributed by atoms with Crippen molar-refractivity contribution in [1.82, 2.24) is 14.7 Å². The number of aromatic nitrogens is 2. The SMILES string of the molecule is CN(C)C1(C(O)c2ccnn2C)CCCC1. The van der Waals surface area contributed by atoms with Crippen LogP contribution in [0.2, 0.25) is 0 Å². The van der Waals surface area contributed by atoms with Crippen LogP contribution in [0.1, 0.15) is 37.5 Å². The zero-order valence-corrected chi connectivity index (χ0v) is 10.3. The van der Waals surface area contributed by atoms with E-state index in [-0.39, 0.29) is 5.54 Å². The molecule has 16 heavy (non-hydrogen) atoms. The highest BCUT2D eigenvalue weighted by molar-refractivity contribution is 5.13. The third kappa shape index (κ3) is 1.66. The second kappa shape index (κ2) is 4.18. The summed E-state index contributed by atoms with van der Waals surface area (Å²) >= 11 is 0. The molecule has 0 saturated heterocycles. The molecule has 0 amide bonds. The number of aliphatic hydroxyl groups is 1.